The summed E-state index contributed by atoms with van der Waals surface area (Å²) >= 11 is 1.78. The van der Waals surface area contributed by atoms with Crippen LogP contribution in [0.25, 0.3) is 11.3 Å². The first kappa shape index (κ1) is 16.2. The van der Waals surface area contributed by atoms with Gasteiger partial charge in [-0.05, 0) is 18.9 Å². The van der Waals surface area contributed by atoms with Crippen molar-refractivity contribution >= 4 is 11.3 Å². The predicted molar refractivity (Wildman–Crippen MR) is 92.8 cm³/mol. The zero-order valence-corrected chi connectivity index (χ0v) is 14.1. The van der Waals surface area contributed by atoms with Crippen LogP contribution in [0, 0.1) is 5.92 Å². The Kier molecular flexibility index (Phi) is 6.40. The van der Waals surface area contributed by atoms with E-state index in [0.29, 0.717) is 12.0 Å². The Morgan fingerprint density at radius 1 is 1.19 bits per heavy atom. The maximum Gasteiger partial charge on any atom is 0.0948 e. The van der Waals surface area contributed by atoms with Crippen LogP contribution in [0.4, 0.5) is 0 Å². The molecule has 0 spiro atoms. The molecule has 0 saturated carbocycles. The van der Waals surface area contributed by atoms with Gasteiger partial charge in [0.05, 0.1) is 10.7 Å². The molecule has 0 saturated heterocycles. The summed E-state index contributed by atoms with van der Waals surface area (Å²) < 4.78 is 0. The Morgan fingerprint density at radius 3 is 2.62 bits per heavy atom. The highest BCUT2D eigenvalue weighted by atomic mass is 32.1. The molecule has 0 bridgehead atoms. The van der Waals surface area contributed by atoms with Gasteiger partial charge < -0.3 is 5.32 Å². The Hall–Kier alpha value is -1.19. The van der Waals surface area contributed by atoms with Crippen molar-refractivity contribution in [2.24, 2.45) is 5.92 Å². The fraction of sp³-hybridized carbons (Fsp3) is 0.500. The zero-order chi connectivity index (χ0) is 15.1. The van der Waals surface area contributed by atoms with E-state index in [2.05, 4.69) is 55.7 Å². The summed E-state index contributed by atoms with van der Waals surface area (Å²) in [5, 5.41) is 7.10. The molecule has 2 atom stereocenters. The number of benzene rings is 1. The zero-order valence-electron chi connectivity index (χ0n) is 13.3. The predicted octanol–water partition coefficient (Wildman–Crippen LogP) is 4.77. The maximum absolute atomic E-state index is 4.82. The molecule has 1 heterocycles. The van der Waals surface area contributed by atoms with Crippen LogP contribution in [-0.4, -0.2) is 17.6 Å². The second-order valence-corrected chi connectivity index (χ2v) is 6.59. The highest BCUT2D eigenvalue weighted by Crippen LogP contribution is 2.23. The first-order valence-corrected chi connectivity index (χ1v) is 8.85. The minimum Gasteiger partial charge on any atom is -0.313 e. The van der Waals surface area contributed by atoms with Crippen molar-refractivity contribution in [2.45, 2.75) is 46.1 Å². The highest BCUT2D eigenvalue weighted by Gasteiger charge is 2.17. The summed E-state index contributed by atoms with van der Waals surface area (Å²) in [5.41, 5.74) is 2.32. The summed E-state index contributed by atoms with van der Waals surface area (Å²) in [6, 6.07) is 11.0. The number of rotatable bonds is 8. The van der Waals surface area contributed by atoms with Crippen molar-refractivity contribution in [1.29, 1.82) is 0 Å². The largest absolute Gasteiger partial charge is 0.313 e. The Labute approximate surface area is 132 Å². The summed E-state index contributed by atoms with van der Waals surface area (Å²) in [7, 11) is 0. The normalized spacial score (nSPS) is 14.0. The third-order valence-electron chi connectivity index (χ3n) is 4.00. The van der Waals surface area contributed by atoms with Crippen LogP contribution in [0.1, 0.15) is 38.6 Å². The van der Waals surface area contributed by atoms with E-state index >= 15 is 0 Å². The monoisotopic (exact) mass is 302 g/mol. The van der Waals surface area contributed by atoms with E-state index in [1.807, 2.05) is 6.07 Å². The van der Waals surface area contributed by atoms with Gasteiger partial charge in [0.15, 0.2) is 0 Å². The van der Waals surface area contributed by atoms with E-state index < -0.39 is 0 Å². The molecule has 0 fully saturated rings. The van der Waals surface area contributed by atoms with E-state index in [1.165, 1.54) is 23.4 Å². The van der Waals surface area contributed by atoms with Crippen molar-refractivity contribution in [2.75, 3.05) is 6.54 Å². The molecule has 0 amide bonds. The van der Waals surface area contributed by atoms with Gasteiger partial charge in [-0.1, -0.05) is 57.5 Å². The molecule has 114 valence electrons. The van der Waals surface area contributed by atoms with Crippen LogP contribution in [0.5, 0.6) is 0 Å². The maximum atomic E-state index is 4.82. The van der Waals surface area contributed by atoms with E-state index in [9.17, 15) is 0 Å². The molecule has 0 radical (unpaired) electrons. The van der Waals surface area contributed by atoms with Gasteiger partial charge in [-0.15, -0.1) is 11.3 Å². The van der Waals surface area contributed by atoms with Crippen LogP contribution in [-0.2, 0) is 6.42 Å². The SMILES string of the molecule is CCCNC(Cc1nc(-c2ccccc2)cs1)C(C)CC. The molecule has 0 aliphatic carbocycles. The minimum atomic E-state index is 0.532. The standard InChI is InChI=1S/C18H26N2S/c1-4-11-19-16(14(3)5-2)12-18-20-17(13-21-18)15-9-7-6-8-10-15/h6-10,13-14,16,19H,4-5,11-12H2,1-3H3. The Bertz CT molecular complexity index is 521. The van der Waals surface area contributed by atoms with Gasteiger partial charge in [-0.25, -0.2) is 4.98 Å². The van der Waals surface area contributed by atoms with E-state index in [1.54, 1.807) is 11.3 Å². The number of hydrogen-bond donors (Lipinski definition) is 1. The smallest absolute Gasteiger partial charge is 0.0948 e. The van der Waals surface area contributed by atoms with E-state index in [0.717, 1.165) is 18.7 Å². The first-order chi connectivity index (χ1) is 10.2. The third kappa shape index (κ3) is 4.65. The molecule has 2 nitrogen and oxygen atoms in total. The van der Waals surface area contributed by atoms with Crippen molar-refractivity contribution < 1.29 is 0 Å². The molecule has 1 aromatic carbocycles. The Morgan fingerprint density at radius 2 is 1.95 bits per heavy atom. The molecular formula is C18H26N2S. The van der Waals surface area contributed by atoms with Crippen molar-refractivity contribution in [3.8, 4) is 11.3 Å². The third-order valence-corrected chi connectivity index (χ3v) is 4.87. The van der Waals surface area contributed by atoms with Gasteiger partial charge >= 0.3 is 0 Å². The summed E-state index contributed by atoms with van der Waals surface area (Å²) in [6.45, 7) is 7.91. The molecule has 0 aliphatic heterocycles. The lowest BCUT2D eigenvalue weighted by Crippen LogP contribution is -2.37. The van der Waals surface area contributed by atoms with Crippen LogP contribution < -0.4 is 5.32 Å². The molecule has 1 aromatic heterocycles. The molecule has 1 N–H and O–H groups in total. The molecule has 2 rings (SSSR count). The van der Waals surface area contributed by atoms with Gasteiger partial charge in [-0.2, -0.15) is 0 Å². The number of nitrogens with one attached hydrogen (secondary N) is 1. The highest BCUT2D eigenvalue weighted by molar-refractivity contribution is 7.09. The molecular weight excluding hydrogens is 276 g/mol. The van der Waals surface area contributed by atoms with Gasteiger partial charge in [0.1, 0.15) is 0 Å². The average molecular weight is 302 g/mol. The topological polar surface area (TPSA) is 24.9 Å². The van der Waals surface area contributed by atoms with E-state index in [4.69, 9.17) is 4.98 Å². The van der Waals surface area contributed by atoms with Crippen molar-refractivity contribution in [3.05, 3.63) is 40.7 Å². The number of nitrogens with zero attached hydrogens (tertiary/aromatic N) is 1. The fourth-order valence-corrected chi connectivity index (χ4v) is 3.29. The summed E-state index contributed by atoms with van der Waals surface area (Å²) in [6.07, 6.45) is 3.42. The van der Waals surface area contributed by atoms with Gasteiger partial charge in [0.25, 0.3) is 0 Å². The molecule has 2 aromatic rings. The van der Waals surface area contributed by atoms with Crippen LogP contribution in [0.15, 0.2) is 35.7 Å². The Balaban J connectivity index is 2.05. The fourth-order valence-electron chi connectivity index (χ4n) is 2.42. The number of hydrogen-bond acceptors (Lipinski definition) is 3. The molecule has 0 aliphatic rings. The summed E-state index contributed by atoms with van der Waals surface area (Å²) in [4.78, 5) is 4.82. The minimum absolute atomic E-state index is 0.532. The van der Waals surface area contributed by atoms with Crippen LogP contribution in [0.3, 0.4) is 0 Å². The average Bonchev–Trinajstić information content (AvgIpc) is 3.00. The van der Waals surface area contributed by atoms with Gasteiger partial charge in [-0.3, -0.25) is 0 Å². The van der Waals surface area contributed by atoms with E-state index in [-0.39, 0.29) is 0 Å². The van der Waals surface area contributed by atoms with Crippen LogP contribution >= 0.6 is 11.3 Å². The lowest BCUT2D eigenvalue weighted by atomic mass is 9.96. The molecule has 21 heavy (non-hydrogen) atoms. The quantitative estimate of drug-likeness (QED) is 0.760. The molecule has 3 heteroatoms. The summed E-state index contributed by atoms with van der Waals surface area (Å²) in [5.74, 6) is 0.681. The first-order valence-electron chi connectivity index (χ1n) is 7.97. The second-order valence-electron chi connectivity index (χ2n) is 5.64. The number of aromatic nitrogens is 1. The van der Waals surface area contributed by atoms with Gasteiger partial charge in [0.2, 0.25) is 0 Å². The van der Waals surface area contributed by atoms with Crippen molar-refractivity contribution in [3.63, 3.8) is 0 Å². The van der Waals surface area contributed by atoms with Gasteiger partial charge in [0, 0.05) is 23.4 Å². The number of thiazole rings is 1. The lowest BCUT2D eigenvalue weighted by Gasteiger charge is -2.23. The van der Waals surface area contributed by atoms with Crippen molar-refractivity contribution in [1.82, 2.24) is 10.3 Å². The van der Waals surface area contributed by atoms with Crippen LogP contribution in [0.2, 0.25) is 0 Å². The molecule has 2 unspecified atom stereocenters. The second kappa shape index (κ2) is 8.30. The lowest BCUT2D eigenvalue weighted by molar-refractivity contribution is 0.364.